The first kappa shape index (κ1) is 21.1. The first-order chi connectivity index (χ1) is 15.2. The summed E-state index contributed by atoms with van der Waals surface area (Å²) < 4.78 is 44.5. The monoisotopic (exact) mass is 456 g/mol. The summed E-state index contributed by atoms with van der Waals surface area (Å²) in [5.74, 6) is -0.00221. The van der Waals surface area contributed by atoms with Gasteiger partial charge in [0, 0.05) is 36.8 Å². The van der Waals surface area contributed by atoms with E-state index in [2.05, 4.69) is 11.4 Å². The van der Waals surface area contributed by atoms with E-state index in [1.807, 2.05) is 30.0 Å². The maximum Gasteiger partial charge on any atom is 0.180 e. The van der Waals surface area contributed by atoms with E-state index in [0.29, 0.717) is 37.7 Å². The molecular formula is C23H25FN4O3S. The number of ether oxygens (including phenoxy) is 1. The summed E-state index contributed by atoms with van der Waals surface area (Å²) in [5, 5.41) is 4.43. The zero-order chi connectivity index (χ0) is 22.5. The SMILES string of the molecule is Cc1ccc2nc(N3CCS(=O)(=O)c4cc(F)ccc4C3)cc(NCC3(N)COC3)c2c1. The lowest BCUT2D eigenvalue weighted by atomic mass is 9.99. The minimum Gasteiger partial charge on any atom is -0.382 e. The Bertz CT molecular complexity index is 1310. The van der Waals surface area contributed by atoms with Gasteiger partial charge in [-0.1, -0.05) is 17.7 Å². The molecule has 2 aliphatic heterocycles. The summed E-state index contributed by atoms with van der Waals surface area (Å²) in [7, 11) is -3.58. The van der Waals surface area contributed by atoms with Crippen molar-refractivity contribution in [3.8, 4) is 0 Å². The van der Waals surface area contributed by atoms with Gasteiger partial charge in [0.15, 0.2) is 9.84 Å². The van der Waals surface area contributed by atoms with Crippen LogP contribution < -0.4 is 16.0 Å². The Labute approximate surface area is 186 Å². The van der Waals surface area contributed by atoms with Crippen LogP contribution in [0.4, 0.5) is 15.9 Å². The van der Waals surface area contributed by atoms with Gasteiger partial charge in [0.05, 0.1) is 34.9 Å². The average Bonchev–Trinajstić information content (AvgIpc) is 2.87. The van der Waals surface area contributed by atoms with E-state index in [0.717, 1.165) is 28.2 Å². The van der Waals surface area contributed by atoms with Crippen molar-refractivity contribution in [3.05, 3.63) is 59.4 Å². The van der Waals surface area contributed by atoms with Crippen molar-refractivity contribution in [2.45, 2.75) is 23.9 Å². The molecule has 1 saturated heterocycles. The van der Waals surface area contributed by atoms with Crippen molar-refractivity contribution in [1.82, 2.24) is 4.98 Å². The molecule has 168 valence electrons. The highest BCUT2D eigenvalue weighted by atomic mass is 32.2. The minimum atomic E-state index is -3.58. The van der Waals surface area contributed by atoms with Gasteiger partial charge in [-0.25, -0.2) is 17.8 Å². The second-order valence-electron chi connectivity index (χ2n) is 8.75. The number of hydrogen-bond donors (Lipinski definition) is 2. The van der Waals surface area contributed by atoms with Gasteiger partial charge < -0.3 is 20.7 Å². The number of nitrogens with one attached hydrogen (secondary N) is 1. The molecule has 9 heteroatoms. The molecule has 32 heavy (non-hydrogen) atoms. The van der Waals surface area contributed by atoms with Crippen molar-refractivity contribution in [2.24, 2.45) is 5.73 Å². The molecule has 0 unspecified atom stereocenters. The number of rotatable bonds is 4. The van der Waals surface area contributed by atoms with Crippen molar-refractivity contribution in [1.29, 1.82) is 0 Å². The van der Waals surface area contributed by atoms with E-state index >= 15 is 0 Å². The molecule has 3 N–H and O–H groups in total. The largest absolute Gasteiger partial charge is 0.382 e. The third-order valence-electron chi connectivity index (χ3n) is 6.04. The molecule has 0 spiro atoms. The quantitative estimate of drug-likeness (QED) is 0.623. The van der Waals surface area contributed by atoms with Crippen LogP contribution in [0.25, 0.3) is 10.9 Å². The summed E-state index contributed by atoms with van der Waals surface area (Å²) in [6, 6.07) is 11.9. The number of nitrogens with two attached hydrogens (primary N) is 1. The lowest BCUT2D eigenvalue weighted by Gasteiger charge is -2.38. The van der Waals surface area contributed by atoms with Gasteiger partial charge in [0.2, 0.25) is 0 Å². The highest BCUT2D eigenvalue weighted by Crippen LogP contribution is 2.32. The Morgan fingerprint density at radius 1 is 1.22 bits per heavy atom. The summed E-state index contributed by atoms with van der Waals surface area (Å²) in [6.45, 7) is 4.18. The summed E-state index contributed by atoms with van der Waals surface area (Å²) in [6.07, 6.45) is 0. The zero-order valence-corrected chi connectivity index (χ0v) is 18.6. The summed E-state index contributed by atoms with van der Waals surface area (Å²) in [4.78, 5) is 6.81. The summed E-state index contributed by atoms with van der Waals surface area (Å²) >= 11 is 0. The van der Waals surface area contributed by atoms with Crippen molar-refractivity contribution >= 4 is 32.2 Å². The lowest BCUT2D eigenvalue weighted by Crippen LogP contribution is -2.61. The first-order valence-corrected chi connectivity index (χ1v) is 12.2. The standard InChI is InChI=1S/C23H25FN4O3S/c1-15-2-5-19-18(8-15)20(26-12-23(25)13-31-14-23)10-22(27-19)28-6-7-32(29,30)21-9-17(24)4-3-16(21)11-28/h2-5,8-10H,6-7,11-14,25H2,1H3,(H,26,27). The summed E-state index contributed by atoms with van der Waals surface area (Å²) in [5.41, 5.74) is 9.28. The van der Waals surface area contributed by atoms with Crippen molar-refractivity contribution in [2.75, 3.05) is 42.3 Å². The van der Waals surface area contributed by atoms with Gasteiger partial charge in [-0.15, -0.1) is 0 Å². The highest BCUT2D eigenvalue weighted by molar-refractivity contribution is 7.91. The second kappa shape index (κ2) is 7.68. The topological polar surface area (TPSA) is 97.6 Å². The number of fused-ring (bicyclic) bond motifs is 2. The van der Waals surface area contributed by atoms with Gasteiger partial charge in [0.1, 0.15) is 11.6 Å². The van der Waals surface area contributed by atoms with Crippen LogP contribution in [-0.2, 0) is 21.1 Å². The van der Waals surface area contributed by atoms with Gasteiger partial charge in [-0.3, -0.25) is 0 Å². The number of sulfone groups is 1. The van der Waals surface area contributed by atoms with E-state index < -0.39 is 21.2 Å². The van der Waals surface area contributed by atoms with Crippen LogP contribution >= 0.6 is 0 Å². The molecule has 1 aromatic heterocycles. The van der Waals surface area contributed by atoms with Crippen LogP contribution in [0.15, 0.2) is 47.4 Å². The lowest BCUT2D eigenvalue weighted by molar-refractivity contribution is -0.0461. The molecule has 0 atom stereocenters. The normalized spacial score (nSPS) is 19.2. The molecule has 3 heterocycles. The molecule has 0 amide bonds. The number of hydrogen-bond acceptors (Lipinski definition) is 7. The maximum atomic E-state index is 13.7. The smallest absolute Gasteiger partial charge is 0.180 e. The van der Waals surface area contributed by atoms with Crippen LogP contribution in [0.2, 0.25) is 0 Å². The number of nitrogens with zero attached hydrogens (tertiary/aromatic N) is 2. The Morgan fingerprint density at radius 3 is 2.78 bits per heavy atom. The van der Waals surface area contributed by atoms with Gasteiger partial charge in [-0.05, 0) is 36.8 Å². The first-order valence-electron chi connectivity index (χ1n) is 10.5. The molecule has 7 nitrogen and oxygen atoms in total. The molecule has 1 fully saturated rings. The van der Waals surface area contributed by atoms with Crippen molar-refractivity contribution < 1.29 is 17.5 Å². The van der Waals surface area contributed by atoms with E-state index in [-0.39, 0.29) is 17.2 Å². The molecule has 3 aromatic rings. The third-order valence-corrected chi connectivity index (χ3v) is 7.81. The van der Waals surface area contributed by atoms with E-state index in [9.17, 15) is 12.8 Å². The van der Waals surface area contributed by atoms with Crippen molar-refractivity contribution in [3.63, 3.8) is 0 Å². The number of aryl methyl sites for hydroxylation is 1. The molecule has 5 rings (SSSR count). The molecular weight excluding hydrogens is 431 g/mol. The second-order valence-corrected chi connectivity index (χ2v) is 10.8. The van der Waals surface area contributed by atoms with Gasteiger partial charge >= 0.3 is 0 Å². The van der Waals surface area contributed by atoms with E-state index in [1.165, 1.54) is 6.07 Å². The number of anilines is 2. The third kappa shape index (κ3) is 3.92. The molecule has 0 radical (unpaired) electrons. The van der Waals surface area contributed by atoms with Gasteiger partial charge in [0.25, 0.3) is 0 Å². The molecule has 2 aromatic carbocycles. The Morgan fingerprint density at radius 2 is 2.03 bits per heavy atom. The number of aromatic nitrogens is 1. The fourth-order valence-electron chi connectivity index (χ4n) is 4.14. The zero-order valence-electron chi connectivity index (χ0n) is 17.8. The number of pyridine rings is 1. The Balaban J connectivity index is 1.55. The van der Waals surface area contributed by atoms with Crippen LogP contribution in [0.3, 0.4) is 0 Å². The predicted octanol–water partition coefficient (Wildman–Crippen LogP) is 2.62. The van der Waals surface area contributed by atoms with Crippen LogP contribution in [0.1, 0.15) is 11.1 Å². The van der Waals surface area contributed by atoms with Gasteiger partial charge in [-0.2, -0.15) is 0 Å². The highest BCUT2D eigenvalue weighted by Gasteiger charge is 2.34. The Kier molecular flexibility index (Phi) is 5.07. The molecule has 0 saturated carbocycles. The van der Waals surface area contributed by atoms with E-state index in [4.69, 9.17) is 15.5 Å². The molecule has 2 aliphatic rings. The average molecular weight is 457 g/mol. The minimum absolute atomic E-state index is 0.0600. The predicted molar refractivity (Wildman–Crippen MR) is 122 cm³/mol. The van der Waals surface area contributed by atoms with E-state index in [1.54, 1.807) is 6.07 Å². The molecule has 0 bridgehead atoms. The molecule has 0 aliphatic carbocycles. The Hall–Kier alpha value is -2.75. The van der Waals surface area contributed by atoms with Crippen LogP contribution in [-0.4, -0.2) is 51.0 Å². The van der Waals surface area contributed by atoms with Crippen LogP contribution in [0.5, 0.6) is 0 Å². The fraction of sp³-hybridized carbons (Fsp3) is 0.348. The number of benzene rings is 2. The van der Waals surface area contributed by atoms with Crippen LogP contribution in [0, 0.1) is 12.7 Å². The fourth-order valence-corrected chi connectivity index (χ4v) is 5.65. The maximum absolute atomic E-state index is 13.7. The number of halogens is 1.